The van der Waals surface area contributed by atoms with Crippen LogP contribution in [-0.2, 0) is 20.4 Å². The second-order valence-corrected chi connectivity index (χ2v) is 6.90. The van der Waals surface area contributed by atoms with Crippen LogP contribution in [0.3, 0.4) is 0 Å². The van der Waals surface area contributed by atoms with Gasteiger partial charge in [-0.15, -0.1) is 0 Å². The summed E-state index contributed by atoms with van der Waals surface area (Å²) in [6, 6.07) is 0. The second kappa shape index (κ2) is 5.29. The molecule has 0 heterocycles. The molecule has 0 radical (unpaired) electrons. The first-order chi connectivity index (χ1) is 4.59. The van der Waals surface area contributed by atoms with Crippen LogP contribution in [-0.4, -0.2) is 20.1 Å². The van der Waals surface area contributed by atoms with Gasteiger partial charge in [0.25, 0.3) is 0 Å². The summed E-state index contributed by atoms with van der Waals surface area (Å²) < 4.78 is 22.0. The summed E-state index contributed by atoms with van der Waals surface area (Å²) in [5.41, 5.74) is 0. The van der Waals surface area contributed by atoms with Crippen molar-refractivity contribution in [3.63, 3.8) is 0 Å². The molecule has 0 rings (SSSR count). The second-order valence-electron chi connectivity index (χ2n) is 2.32. The largest absolute Gasteiger partial charge is 0.571 e. The highest BCUT2D eigenvalue weighted by Crippen LogP contribution is 2.11. The molecule has 2 nitrogen and oxygen atoms in total. The van der Waals surface area contributed by atoms with E-state index in [1.807, 2.05) is 20.8 Å². The van der Waals surface area contributed by atoms with Crippen molar-refractivity contribution in [2.45, 2.75) is 32.4 Å². The molecular weight excluding hydrogens is 168 g/mol. The first-order valence-electron chi connectivity index (χ1n) is 3.39. The van der Waals surface area contributed by atoms with E-state index in [1.165, 1.54) is 0 Å². The lowest BCUT2D eigenvalue weighted by atomic mass is 10.6. The standard InChI is InChI=1S/C6H14O2S2/c1-4-5-9(7)10(8)6(2)3/h6H,4-5H2,1-3H3. The van der Waals surface area contributed by atoms with Crippen LogP contribution in [0.1, 0.15) is 27.2 Å². The van der Waals surface area contributed by atoms with Crippen molar-refractivity contribution in [2.24, 2.45) is 0 Å². The molecule has 10 heavy (non-hydrogen) atoms. The Balaban J connectivity index is 3.58. The van der Waals surface area contributed by atoms with E-state index in [0.29, 0.717) is 5.75 Å². The maximum atomic E-state index is 11.0. The fourth-order valence-electron chi connectivity index (χ4n) is 0.463. The van der Waals surface area contributed by atoms with Crippen LogP contribution in [0.5, 0.6) is 0 Å². The normalized spacial score (nSPS) is 17.4. The Bertz CT molecular complexity index is 87.8. The van der Waals surface area contributed by atoms with Crippen LogP contribution in [0.4, 0.5) is 0 Å². The lowest BCUT2D eigenvalue weighted by Gasteiger charge is -2.14. The molecule has 0 aliphatic heterocycles. The predicted octanol–water partition coefficient (Wildman–Crippen LogP) is 1.22. The minimum atomic E-state index is -1.14. The summed E-state index contributed by atoms with van der Waals surface area (Å²) in [6.45, 7) is 5.59. The molecule has 0 saturated carbocycles. The molecule has 0 aromatic rings. The summed E-state index contributed by atoms with van der Waals surface area (Å²) in [5.74, 6) is 0.560. The van der Waals surface area contributed by atoms with E-state index in [0.717, 1.165) is 6.42 Å². The van der Waals surface area contributed by atoms with Crippen molar-refractivity contribution in [1.82, 2.24) is 0 Å². The zero-order chi connectivity index (χ0) is 8.15. The van der Waals surface area contributed by atoms with E-state index in [9.17, 15) is 9.11 Å². The van der Waals surface area contributed by atoms with E-state index < -0.39 is 20.4 Å². The van der Waals surface area contributed by atoms with Gasteiger partial charge in [-0.1, -0.05) is 6.92 Å². The molecule has 0 N–H and O–H groups in total. The highest BCUT2D eigenvalue weighted by atomic mass is 33.2. The molecule has 62 valence electrons. The monoisotopic (exact) mass is 182 g/mol. The van der Waals surface area contributed by atoms with Crippen molar-refractivity contribution in [3.8, 4) is 0 Å². The van der Waals surface area contributed by atoms with E-state index >= 15 is 0 Å². The molecule has 0 saturated heterocycles. The molecule has 2 unspecified atom stereocenters. The Hall–Kier alpha value is 0.620. The minimum absolute atomic E-state index is 0.0207. The van der Waals surface area contributed by atoms with E-state index in [-0.39, 0.29) is 5.25 Å². The predicted molar refractivity (Wildman–Crippen MR) is 46.6 cm³/mol. The third-order valence-electron chi connectivity index (χ3n) is 0.939. The van der Waals surface area contributed by atoms with Gasteiger partial charge in [-0.3, -0.25) is 0 Å². The highest BCUT2D eigenvalue weighted by Gasteiger charge is 2.26. The van der Waals surface area contributed by atoms with Gasteiger partial charge < -0.3 is 9.11 Å². The van der Waals surface area contributed by atoms with Gasteiger partial charge in [0.2, 0.25) is 0 Å². The fraction of sp³-hybridized carbons (Fsp3) is 1.00. The Morgan fingerprint density at radius 1 is 1.30 bits per heavy atom. The smallest absolute Gasteiger partial charge is 0.173 e. The van der Waals surface area contributed by atoms with Crippen molar-refractivity contribution in [3.05, 3.63) is 0 Å². The van der Waals surface area contributed by atoms with Crippen molar-refractivity contribution >= 4 is 20.4 Å². The molecule has 0 aromatic heterocycles. The van der Waals surface area contributed by atoms with Crippen LogP contribution >= 0.6 is 0 Å². The maximum absolute atomic E-state index is 11.0. The molecule has 0 aliphatic carbocycles. The zero-order valence-electron chi connectivity index (χ0n) is 6.62. The zero-order valence-corrected chi connectivity index (χ0v) is 8.26. The highest BCUT2D eigenvalue weighted by molar-refractivity contribution is 8.67. The molecular formula is C6H14O2S2. The van der Waals surface area contributed by atoms with Gasteiger partial charge in [0.1, 0.15) is 0 Å². The quantitative estimate of drug-likeness (QED) is 0.485. The molecule has 4 heteroatoms. The average molecular weight is 182 g/mol. The first-order valence-corrected chi connectivity index (χ1v) is 6.43. The topological polar surface area (TPSA) is 46.1 Å². The minimum Gasteiger partial charge on any atom is -0.571 e. The molecule has 0 aromatic carbocycles. The molecule has 2 atom stereocenters. The van der Waals surface area contributed by atoms with Crippen LogP contribution in [0.2, 0.25) is 0 Å². The lowest BCUT2D eigenvalue weighted by Crippen LogP contribution is -2.26. The Kier molecular flexibility index (Phi) is 5.62. The van der Waals surface area contributed by atoms with Gasteiger partial charge >= 0.3 is 0 Å². The maximum Gasteiger partial charge on any atom is 0.173 e. The third kappa shape index (κ3) is 3.71. The Morgan fingerprint density at radius 3 is 2.10 bits per heavy atom. The molecule has 0 bridgehead atoms. The summed E-state index contributed by atoms with van der Waals surface area (Å²) in [6.07, 6.45) is 0.838. The molecule has 0 amide bonds. The summed E-state index contributed by atoms with van der Waals surface area (Å²) in [7, 11) is -2.27. The van der Waals surface area contributed by atoms with Crippen molar-refractivity contribution < 1.29 is 9.11 Å². The van der Waals surface area contributed by atoms with Gasteiger partial charge in [0.15, 0.2) is 31.4 Å². The number of rotatable bonds is 4. The molecule has 0 aliphatic rings. The Labute approximate surface area is 68.2 Å². The lowest BCUT2D eigenvalue weighted by molar-refractivity contribution is 0.577. The van der Waals surface area contributed by atoms with Crippen LogP contribution in [0.15, 0.2) is 0 Å². The average Bonchev–Trinajstić information content (AvgIpc) is 1.87. The third-order valence-corrected chi connectivity index (χ3v) is 5.57. The van der Waals surface area contributed by atoms with E-state index in [2.05, 4.69) is 0 Å². The SMILES string of the molecule is CCC[S+]([O-])[S+]([O-])C(C)C. The summed E-state index contributed by atoms with van der Waals surface area (Å²) in [5, 5.41) is 0.0207. The van der Waals surface area contributed by atoms with E-state index in [4.69, 9.17) is 0 Å². The summed E-state index contributed by atoms with van der Waals surface area (Å²) in [4.78, 5) is 0. The van der Waals surface area contributed by atoms with Crippen LogP contribution in [0.25, 0.3) is 0 Å². The van der Waals surface area contributed by atoms with Gasteiger partial charge in [0, 0.05) is 0 Å². The van der Waals surface area contributed by atoms with E-state index in [1.54, 1.807) is 0 Å². The first kappa shape index (κ1) is 10.6. The van der Waals surface area contributed by atoms with Gasteiger partial charge in [-0.2, -0.15) is 0 Å². The van der Waals surface area contributed by atoms with Gasteiger partial charge in [0.05, 0.1) is 0 Å². The fourth-order valence-corrected chi connectivity index (χ4v) is 3.67. The summed E-state index contributed by atoms with van der Waals surface area (Å²) >= 11 is 0. The van der Waals surface area contributed by atoms with Gasteiger partial charge in [-0.05, 0) is 20.3 Å². The number of hydrogen-bond acceptors (Lipinski definition) is 2. The van der Waals surface area contributed by atoms with Crippen LogP contribution in [0, 0.1) is 0 Å². The number of hydrogen-bond donors (Lipinski definition) is 0. The molecule has 0 spiro atoms. The van der Waals surface area contributed by atoms with Crippen molar-refractivity contribution in [1.29, 1.82) is 0 Å². The van der Waals surface area contributed by atoms with Crippen molar-refractivity contribution in [2.75, 3.05) is 5.75 Å². The van der Waals surface area contributed by atoms with Crippen LogP contribution < -0.4 is 0 Å². The van der Waals surface area contributed by atoms with Gasteiger partial charge in [-0.25, -0.2) is 0 Å². The molecule has 0 fully saturated rings. The Morgan fingerprint density at radius 2 is 1.80 bits per heavy atom.